The average molecular weight is 558 g/mol. The number of hydrogen-bond donors (Lipinski definition) is 2. The number of carbonyl (C=O) groups is 1. The van der Waals surface area contributed by atoms with Crippen LogP contribution < -0.4 is 26.0 Å². The van der Waals surface area contributed by atoms with Crippen LogP contribution in [0.2, 0.25) is 0 Å². The number of carbonyl (C=O) groups excluding carboxylic acids is 1. The van der Waals surface area contributed by atoms with Gasteiger partial charge >= 0.3 is 6.03 Å². The van der Waals surface area contributed by atoms with Crippen molar-refractivity contribution in [3.05, 3.63) is 48.0 Å². The number of nitrogens with zero attached hydrogens (tertiary/aromatic N) is 7. The highest BCUT2D eigenvalue weighted by Crippen LogP contribution is 2.50. The fourth-order valence-electron chi connectivity index (χ4n) is 6.79. The van der Waals surface area contributed by atoms with E-state index < -0.39 is 0 Å². The number of nitrogens with two attached hydrogens (primary N) is 2. The minimum absolute atomic E-state index is 0.00890. The molecule has 12 heteroatoms. The molecule has 2 saturated heterocycles. The number of hydrogen-bond acceptors (Lipinski definition) is 10. The Morgan fingerprint density at radius 1 is 1.07 bits per heavy atom. The molecule has 3 aromatic rings. The summed E-state index contributed by atoms with van der Waals surface area (Å²) in [5.74, 6) is 2.32. The molecule has 3 fully saturated rings. The Bertz CT molecular complexity index is 1510. The van der Waals surface area contributed by atoms with Gasteiger partial charge in [0.2, 0.25) is 0 Å². The van der Waals surface area contributed by atoms with E-state index >= 15 is 0 Å². The van der Waals surface area contributed by atoms with Gasteiger partial charge in [0.25, 0.3) is 0 Å². The molecule has 3 aromatic heterocycles. The van der Waals surface area contributed by atoms with Gasteiger partial charge in [0.05, 0.1) is 17.1 Å². The highest BCUT2D eigenvalue weighted by Gasteiger charge is 2.49. The van der Waals surface area contributed by atoms with E-state index in [9.17, 15) is 4.79 Å². The van der Waals surface area contributed by atoms with Crippen LogP contribution in [-0.4, -0.2) is 69.2 Å². The number of pyridine rings is 2. The first-order valence-corrected chi connectivity index (χ1v) is 14.8. The number of anilines is 3. The third-order valence-corrected chi connectivity index (χ3v) is 10.2. The molecule has 2 atom stereocenters. The summed E-state index contributed by atoms with van der Waals surface area (Å²) in [6, 6.07) is 6.36. The molecule has 5 aliphatic rings. The summed E-state index contributed by atoms with van der Waals surface area (Å²) in [6.45, 7) is 2.83. The number of urea groups is 1. The van der Waals surface area contributed by atoms with Crippen molar-refractivity contribution in [3.8, 4) is 5.75 Å². The van der Waals surface area contributed by atoms with Gasteiger partial charge in [-0.05, 0) is 55.2 Å². The topological polar surface area (TPSA) is 140 Å². The van der Waals surface area contributed by atoms with Crippen LogP contribution in [0.4, 0.5) is 22.2 Å². The second kappa shape index (κ2) is 8.93. The first-order valence-electron chi connectivity index (χ1n) is 14.0. The van der Waals surface area contributed by atoms with Gasteiger partial charge in [0.15, 0.2) is 17.4 Å². The number of amides is 2. The molecule has 3 aliphatic heterocycles. The quantitative estimate of drug-likeness (QED) is 0.492. The maximum Gasteiger partial charge on any atom is 0.326 e. The number of ether oxygens (including phenoxy) is 1. The first-order chi connectivity index (χ1) is 19.5. The summed E-state index contributed by atoms with van der Waals surface area (Å²) >= 11 is 1.39. The second-order valence-electron chi connectivity index (χ2n) is 11.5. The lowest BCUT2D eigenvalue weighted by molar-refractivity contribution is 0.186. The molecule has 0 aromatic carbocycles. The van der Waals surface area contributed by atoms with Crippen molar-refractivity contribution >= 4 is 35.2 Å². The van der Waals surface area contributed by atoms with Crippen LogP contribution in [0.15, 0.2) is 46.7 Å². The highest BCUT2D eigenvalue weighted by atomic mass is 32.2. The Kier molecular flexibility index (Phi) is 5.40. The second-order valence-corrected chi connectivity index (χ2v) is 12.6. The predicted octanol–water partition coefficient (Wildman–Crippen LogP) is 3.01. The zero-order valence-electron chi connectivity index (χ0n) is 22.1. The van der Waals surface area contributed by atoms with E-state index in [2.05, 4.69) is 20.9 Å². The summed E-state index contributed by atoms with van der Waals surface area (Å²) < 4.78 is 6.16. The minimum Gasteiger partial charge on any atom is -0.486 e. The van der Waals surface area contributed by atoms with Crippen LogP contribution >= 0.6 is 11.8 Å². The average Bonchev–Trinajstić information content (AvgIpc) is 3.71. The van der Waals surface area contributed by atoms with E-state index in [0.29, 0.717) is 41.6 Å². The Hall–Kier alpha value is -3.64. The third kappa shape index (κ3) is 3.72. The monoisotopic (exact) mass is 557 g/mol. The zero-order valence-corrected chi connectivity index (χ0v) is 22.9. The molecule has 0 bridgehead atoms. The van der Waals surface area contributed by atoms with Crippen molar-refractivity contribution in [2.45, 2.75) is 60.2 Å². The van der Waals surface area contributed by atoms with Gasteiger partial charge in [-0.2, -0.15) is 0 Å². The number of fused-ring (bicyclic) bond motifs is 4. The summed E-state index contributed by atoms with van der Waals surface area (Å²) in [6.07, 6.45) is 10.4. The molecule has 0 radical (unpaired) electrons. The van der Waals surface area contributed by atoms with Gasteiger partial charge in [-0.25, -0.2) is 19.7 Å². The van der Waals surface area contributed by atoms with Crippen molar-refractivity contribution in [3.63, 3.8) is 0 Å². The lowest BCUT2D eigenvalue weighted by atomic mass is 9.73. The normalized spacial score (nSPS) is 24.6. The number of rotatable bonds is 4. The molecule has 2 aliphatic carbocycles. The van der Waals surface area contributed by atoms with Crippen molar-refractivity contribution < 1.29 is 9.53 Å². The summed E-state index contributed by atoms with van der Waals surface area (Å²) in [5.41, 5.74) is 15.5. The maximum atomic E-state index is 13.1. The number of aromatic nitrogens is 4. The van der Waals surface area contributed by atoms with Gasteiger partial charge in [-0.15, -0.1) is 0 Å². The van der Waals surface area contributed by atoms with Gasteiger partial charge in [0.1, 0.15) is 17.5 Å². The molecule has 206 valence electrons. The Labute approximate surface area is 236 Å². The van der Waals surface area contributed by atoms with Crippen molar-refractivity contribution in [1.29, 1.82) is 0 Å². The van der Waals surface area contributed by atoms with E-state index in [1.807, 2.05) is 23.2 Å². The van der Waals surface area contributed by atoms with E-state index in [-0.39, 0.29) is 23.5 Å². The first kappa shape index (κ1) is 24.2. The van der Waals surface area contributed by atoms with E-state index in [1.165, 1.54) is 17.3 Å². The molecule has 1 saturated carbocycles. The highest BCUT2D eigenvalue weighted by molar-refractivity contribution is 7.99. The van der Waals surface area contributed by atoms with Crippen molar-refractivity contribution in [1.82, 2.24) is 24.8 Å². The van der Waals surface area contributed by atoms with Crippen LogP contribution in [0.3, 0.4) is 0 Å². The fourth-order valence-corrected chi connectivity index (χ4v) is 7.63. The molecule has 1 spiro atoms. The van der Waals surface area contributed by atoms with E-state index in [1.54, 1.807) is 17.3 Å². The largest absolute Gasteiger partial charge is 0.486 e. The predicted molar refractivity (Wildman–Crippen MR) is 150 cm³/mol. The Morgan fingerprint density at radius 3 is 2.70 bits per heavy atom. The molecule has 4 N–H and O–H groups in total. The molecule has 2 amide bonds. The summed E-state index contributed by atoms with van der Waals surface area (Å²) in [4.78, 5) is 38.5. The third-order valence-electron chi connectivity index (χ3n) is 9.19. The van der Waals surface area contributed by atoms with E-state index in [0.717, 1.165) is 61.6 Å². The lowest BCUT2D eigenvalue weighted by Crippen LogP contribution is -2.44. The van der Waals surface area contributed by atoms with Crippen LogP contribution in [0.1, 0.15) is 43.0 Å². The minimum atomic E-state index is -0.00890. The van der Waals surface area contributed by atoms with Gasteiger partial charge < -0.3 is 26.0 Å². The fraction of sp³-hybridized carbons (Fsp3) is 0.464. The molecule has 1 unspecified atom stereocenters. The van der Waals surface area contributed by atoms with Crippen LogP contribution in [0.5, 0.6) is 5.75 Å². The maximum absolute atomic E-state index is 13.1. The van der Waals surface area contributed by atoms with Gasteiger partial charge in [-0.3, -0.25) is 9.88 Å². The standard InChI is InChI=1S/C28H31N9O2S/c29-23-18-2-1-8-31-19(18)12-28(23)6-10-35(11-7-28)21-13-33-26(24(30)34-21)40-20-5-9-32-25-22(20)39-15-17-14-36(16-3-4-16)27(38)37(17)25/h1-2,5,8-9,13,16-17,23H,3-4,6-7,10-12,14-15,29H2,(H2,30,34)/t17?,23-/m1/s1. The SMILES string of the molecule is Nc1nc(N2CCC3(CC2)Cc2ncccc2[C@H]3N)cnc1Sc1ccnc2c1OCC1CN(C3CC3)C(=O)N21. The number of nitrogen functional groups attached to an aromatic ring is 1. The smallest absolute Gasteiger partial charge is 0.326 e. The Balaban J connectivity index is 0.982. The van der Waals surface area contributed by atoms with Crippen LogP contribution in [0, 0.1) is 5.41 Å². The van der Waals surface area contributed by atoms with Crippen LogP contribution in [0.25, 0.3) is 0 Å². The molecule has 40 heavy (non-hydrogen) atoms. The molecule has 8 rings (SSSR count). The van der Waals surface area contributed by atoms with Crippen molar-refractivity contribution in [2.24, 2.45) is 11.1 Å². The molecule has 11 nitrogen and oxygen atoms in total. The lowest BCUT2D eigenvalue weighted by Gasteiger charge is -2.42. The zero-order chi connectivity index (χ0) is 27.0. The number of piperidine rings is 1. The molecule has 6 heterocycles. The summed E-state index contributed by atoms with van der Waals surface area (Å²) in [5, 5.41) is 0.600. The van der Waals surface area contributed by atoms with E-state index in [4.69, 9.17) is 26.2 Å². The molecular formula is C28H31N9O2S. The van der Waals surface area contributed by atoms with Crippen molar-refractivity contribution in [2.75, 3.05) is 41.8 Å². The van der Waals surface area contributed by atoms with Gasteiger partial charge in [-0.1, -0.05) is 17.8 Å². The Morgan fingerprint density at radius 2 is 1.93 bits per heavy atom. The molecular weight excluding hydrogens is 526 g/mol. The van der Waals surface area contributed by atoms with Crippen LogP contribution in [-0.2, 0) is 6.42 Å². The summed E-state index contributed by atoms with van der Waals surface area (Å²) in [7, 11) is 0. The van der Waals surface area contributed by atoms with Gasteiger partial charge in [0, 0.05) is 49.8 Å².